The molecular formula is C24H34O4. The predicted octanol–water partition coefficient (Wildman–Crippen LogP) is 4.66. The molecule has 154 valence electrons. The summed E-state index contributed by atoms with van der Waals surface area (Å²) in [5.74, 6) is 1.98. The maximum Gasteiger partial charge on any atom is 0.303 e. The van der Waals surface area contributed by atoms with Crippen molar-refractivity contribution in [1.82, 2.24) is 0 Å². The van der Waals surface area contributed by atoms with Crippen molar-refractivity contribution >= 4 is 17.5 Å². The van der Waals surface area contributed by atoms with Crippen LogP contribution in [0.25, 0.3) is 0 Å². The second kappa shape index (κ2) is 6.81. The second-order valence-electron chi connectivity index (χ2n) is 10.3. The summed E-state index contributed by atoms with van der Waals surface area (Å²) < 4.78 is 5.03. The minimum absolute atomic E-state index is 0.0252. The van der Waals surface area contributed by atoms with Gasteiger partial charge in [-0.1, -0.05) is 19.4 Å². The molecular weight excluding hydrogens is 352 g/mol. The smallest absolute Gasteiger partial charge is 0.303 e. The van der Waals surface area contributed by atoms with Gasteiger partial charge in [0.25, 0.3) is 0 Å². The van der Waals surface area contributed by atoms with Gasteiger partial charge in [-0.2, -0.15) is 0 Å². The summed E-state index contributed by atoms with van der Waals surface area (Å²) in [5, 5.41) is 0. The zero-order valence-electron chi connectivity index (χ0n) is 17.8. The number of esters is 1. The fraction of sp³-hybridized carbons (Fsp3) is 0.792. The molecule has 4 rings (SSSR count). The number of Topliss-reactive ketones (excluding diaryl/α,β-unsaturated/α-hetero) is 2. The number of hydrogen-bond acceptors (Lipinski definition) is 4. The lowest BCUT2D eigenvalue weighted by molar-refractivity contribution is -0.149. The van der Waals surface area contributed by atoms with E-state index in [0.717, 1.165) is 50.5 Å². The number of hydrogen-bond donors (Lipinski definition) is 0. The van der Waals surface area contributed by atoms with E-state index in [1.807, 2.05) is 6.92 Å². The molecule has 0 unspecified atom stereocenters. The Bertz CT molecular complexity index is 750. The topological polar surface area (TPSA) is 60.4 Å². The molecule has 0 N–H and O–H groups in total. The summed E-state index contributed by atoms with van der Waals surface area (Å²) in [7, 11) is 0. The molecule has 0 aromatic rings. The van der Waals surface area contributed by atoms with Gasteiger partial charge in [-0.15, -0.1) is 0 Å². The monoisotopic (exact) mass is 386 g/mol. The van der Waals surface area contributed by atoms with Crippen LogP contribution in [0.5, 0.6) is 0 Å². The Labute approximate surface area is 168 Å². The van der Waals surface area contributed by atoms with E-state index in [-0.39, 0.29) is 35.1 Å². The second-order valence-corrected chi connectivity index (χ2v) is 10.3. The molecule has 4 aliphatic rings. The molecule has 0 saturated heterocycles. The molecule has 6 atom stereocenters. The standard InChI is InChI=1S/C24H34O4/c1-14-17-6-5-16-18-7-8-20(22(27)13-28-15(2)25)24(18,4)11-9-19(16)23(17,3)12-10-21(14)26/h16,18-20H,5-13H2,1-4H3/t16-,18-,19-,20+,23-,24-/m0/s1. The van der Waals surface area contributed by atoms with Crippen molar-refractivity contribution in [2.24, 2.45) is 34.5 Å². The Morgan fingerprint density at radius 1 is 1.04 bits per heavy atom. The van der Waals surface area contributed by atoms with Crippen LogP contribution in [-0.2, 0) is 19.1 Å². The van der Waals surface area contributed by atoms with Crippen LogP contribution < -0.4 is 0 Å². The Hall–Kier alpha value is -1.45. The molecule has 0 spiro atoms. The molecule has 28 heavy (non-hydrogen) atoms. The Morgan fingerprint density at radius 2 is 1.79 bits per heavy atom. The highest BCUT2D eigenvalue weighted by atomic mass is 16.5. The van der Waals surface area contributed by atoms with E-state index >= 15 is 0 Å². The number of ketones is 2. The zero-order valence-corrected chi connectivity index (χ0v) is 17.8. The molecule has 4 aliphatic carbocycles. The van der Waals surface area contributed by atoms with Crippen molar-refractivity contribution in [2.45, 2.75) is 79.1 Å². The molecule has 0 amide bonds. The quantitative estimate of drug-likeness (QED) is 0.662. The summed E-state index contributed by atoms with van der Waals surface area (Å²) in [6.07, 6.45) is 8.17. The van der Waals surface area contributed by atoms with Crippen LogP contribution in [0.15, 0.2) is 11.1 Å². The van der Waals surface area contributed by atoms with Gasteiger partial charge in [-0.3, -0.25) is 14.4 Å². The number of carbonyl (C=O) groups excluding carboxylic acids is 3. The number of fused-ring (bicyclic) bond motifs is 5. The molecule has 0 aliphatic heterocycles. The van der Waals surface area contributed by atoms with Gasteiger partial charge in [0.1, 0.15) is 6.61 Å². The first kappa shape index (κ1) is 19.8. The van der Waals surface area contributed by atoms with Crippen LogP contribution in [0.2, 0.25) is 0 Å². The van der Waals surface area contributed by atoms with Crippen molar-refractivity contribution in [2.75, 3.05) is 6.61 Å². The molecule has 0 aromatic heterocycles. The van der Waals surface area contributed by atoms with Gasteiger partial charge in [-0.05, 0) is 86.0 Å². The van der Waals surface area contributed by atoms with Crippen molar-refractivity contribution < 1.29 is 19.1 Å². The van der Waals surface area contributed by atoms with Crippen LogP contribution in [-0.4, -0.2) is 24.1 Å². The fourth-order valence-corrected chi connectivity index (χ4v) is 7.78. The van der Waals surface area contributed by atoms with Crippen molar-refractivity contribution in [1.29, 1.82) is 0 Å². The first-order chi connectivity index (χ1) is 13.2. The van der Waals surface area contributed by atoms with Crippen molar-refractivity contribution in [3.63, 3.8) is 0 Å². The van der Waals surface area contributed by atoms with Crippen molar-refractivity contribution in [3.8, 4) is 0 Å². The van der Waals surface area contributed by atoms with Gasteiger partial charge in [0, 0.05) is 19.3 Å². The maximum absolute atomic E-state index is 12.8. The van der Waals surface area contributed by atoms with Crippen molar-refractivity contribution in [3.05, 3.63) is 11.1 Å². The Balaban J connectivity index is 1.58. The molecule has 4 nitrogen and oxygen atoms in total. The highest BCUT2D eigenvalue weighted by Crippen LogP contribution is 2.67. The van der Waals surface area contributed by atoms with E-state index in [9.17, 15) is 14.4 Å². The van der Waals surface area contributed by atoms with Gasteiger partial charge in [-0.25, -0.2) is 0 Å². The molecule has 0 radical (unpaired) electrons. The van der Waals surface area contributed by atoms with Crippen LogP contribution in [0.4, 0.5) is 0 Å². The summed E-state index contributed by atoms with van der Waals surface area (Å²) >= 11 is 0. The normalized spacial score (nSPS) is 42.5. The number of carbonyl (C=O) groups is 3. The molecule has 3 saturated carbocycles. The lowest BCUT2D eigenvalue weighted by Gasteiger charge is -2.58. The highest BCUT2D eigenvalue weighted by Gasteiger charge is 2.60. The third kappa shape index (κ3) is 2.81. The van der Waals surface area contributed by atoms with Gasteiger partial charge in [0.05, 0.1) is 0 Å². The predicted molar refractivity (Wildman–Crippen MR) is 106 cm³/mol. The van der Waals surface area contributed by atoms with Crippen LogP contribution in [0.3, 0.4) is 0 Å². The minimum Gasteiger partial charge on any atom is -0.458 e. The average molecular weight is 387 g/mol. The molecule has 0 bridgehead atoms. The lowest BCUT2D eigenvalue weighted by atomic mass is 9.46. The lowest BCUT2D eigenvalue weighted by Crippen LogP contribution is -2.51. The van der Waals surface area contributed by atoms with Crippen LogP contribution >= 0.6 is 0 Å². The van der Waals surface area contributed by atoms with Gasteiger partial charge < -0.3 is 4.74 Å². The van der Waals surface area contributed by atoms with E-state index in [1.54, 1.807) is 0 Å². The summed E-state index contributed by atoms with van der Waals surface area (Å²) in [6.45, 7) is 8.07. The SMILES string of the molecule is CC(=O)OCC(=O)[C@H]1CC[C@H]2[C@@H]3CCC4=C(C)C(=O)CC[C@]4(C)[C@H]3CC[C@]12C. The molecule has 3 fully saturated rings. The van der Waals surface area contributed by atoms with Crippen LogP contribution in [0.1, 0.15) is 79.1 Å². The number of allylic oxidation sites excluding steroid dienone is 1. The molecule has 0 aromatic carbocycles. The maximum atomic E-state index is 12.8. The molecule has 4 heteroatoms. The average Bonchev–Trinajstić information content (AvgIpc) is 3.00. The Morgan fingerprint density at radius 3 is 2.50 bits per heavy atom. The van der Waals surface area contributed by atoms with E-state index in [1.165, 1.54) is 12.5 Å². The van der Waals surface area contributed by atoms with Gasteiger partial charge in [0.15, 0.2) is 11.6 Å². The number of rotatable bonds is 3. The van der Waals surface area contributed by atoms with E-state index in [0.29, 0.717) is 30.0 Å². The molecule has 0 heterocycles. The first-order valence-electron chi connectivity index (χ1n) is 11.1. The fourth-order valence-electron chi connectivity index (χ4n) is 7.78. The van der Waals surface area contributed by atoms with E-state index < -0.39 is 0 Å². The highest BCUT2D eigenvalue weighted by molar-refractivity contribution is 5.96. The van der Waals surface area contributed by atoms with Gasteiger partial charge in [0.2, 0.25) is 0 Å². The third-order valence-corrected chi connectivity index (χ3v) is 9.22. The van der Waals surface area contributed by atoms with Gasteiger partial charge >= 0.3 is 5.97 Å². The summed E-state index contributed by atoms with van der Waals surface area (Å²) in [5.41, 5.74) is 2.69. The largest absolute Gasteiger partial charge is 0.458 e. The first-order valence-corrected chi connectivity index (χ1v) is 11.1. The van der Waals surface area contributed by atoms with E-state index in [4.69, 9.17) is 4.74 Å². The van der Waals surface area contributed by atoms with Crippen LogP contribution in [0, 0.1) is 34.5 Å². The zero-order chi connectivity index (χ0) is 20.3. The number of ether oxygens (including phenoxy) is 1. The summed E-state index contributed by atoms with van der Waals surface area (Å²) in [4.78, 5) is 36.2. The Kier molecular flexibility index (Phi) is 4.83. The third-order valence-electron chi connectivity index (χ3n) is 9.22. The minimum atomic E-state index is -0.376. The van der Waals surface area contributed by atoms with E-state index in [2.05, 4.69) is 13.8 Å². The summed E-state index contributed by atoms with van der Waals surface area (Å²) in [6, 6.07) is 0.